The fourth-order valence-electron chi connectivity index (χ4n) is 4.13. The summed E-state index contributed by atoms with van der Waals surface area (Å²) in [6, 6.07) is 4.18. The Balaban J connectivity index is 1.48. The minimum atomic E-state index is -1.10. The number of fused-ring (bicyclic) bond motifs is 1. The number of carboxylic acid groups (broad SMARTS) is 1. The molecule has 1 saturated carbocycles. The van der Waals surface area contributed by atoms with Crippen LogP contribution in [-0.2, 0) is 6.42 Å². The van der Waals surface area contributed by atoms with Gasteiger partial charge in [-0.2, -0.15) is 0 Å². The van der Waals surface area contributed by atoms with Crippen molar-refractivity contribution >= 4 is 13.1 Å². The molecular weight excluding hydrogens is 323 g/mol. The van der Waals surface area contributed by atoms with E-state index in [1.807, 2.05) is 6.07 Å². The summed E-state index contributed by atoms with van der Waals surface area (Å²) in [7, 11) is -0.969. The van der Waals surface area contributed by atoms with Gasteiger partial charge in [0.25, 0.3) is 0 Å². The maximum absolute atomic E-state index is 11.7. The van der Waals surface area contributed by atoms with E-state index in [4.69, 9.17) is 15.1 Å². The van der Waals surface area contributed by atoms with Gasteiger partial charge < -0.3 is 25.3 Å². The lowest BCUT2D eigenvalue weighted by molar-refractivity contribution is -0.0118. The first-order valence-corrected chi connectivity index (χ1v) is 8.93. The smallest absolute Gasteiger partial charge is 0.522 e. The molecule has 0 bridgehead atoms. The first-order chi connectivity index (χ1) is 12.0. The van der Waals surface area contributed by atoms with Crippen molar-refractivity contribution in [1.29, 1.82) is 0 Å². The summed E-state index contributed by atoms with van der Waals surface area (Å²) in [6.45, 7) is 1.52. The Hall–Kier alpha value is -1.77. The van der Waals surface area contributed by atoms with Crippen molar-refractivity contribution in [2.24, 2.45) is 5.73 Å². The highest BCUT2D eigenvalue weighted by atomic mass is 16.5. The molecule has 0 unspecified atom stereocenters. The highest BCUT2D eigenvalue weighted by Crippen LogP contribution is 2.38. The summed E-state index contributed by atoms with van der Waals surface area (Å²) in [4.78, 5) is 14.1. The fraction of sp³-hybridized carbons (Fsp3) is 0.588. The van der Waals surface area contributed by atoms with Crippen LogP contribution in [0.15, 0.2) is 12.1 Å². The van der Waals surface area contributed by atoms with Crippen LogP contribution in [0.5, 0.6) is 11.5 Å². The van der Waals surface area contributed by atoms with E-state index in [0.717, 1.165) is 31.5 Å². The van der Waals surface area contributed by atoms with E-state index in [0.29, 0.717) is 24.5 Å². The van der Waals surface area contributed by atoms with E-state index in [1.165, 1.54) is 6.42 Å². The van der Waals surface area contributed by atoms with Gasteiger partial charge in [0.15, 0.2) is 0 Å². The number of benzene rings is 1. The van der Waals surface area contributed by atoms with Gasteiger partial charge in [0.2, 0.25) is 0 Å². The number of aromatic carboxylic acids is 1. The average Bonchev–Trinajstić information content (AvgIpc) is 2.95. The SMILES string of the molecule is N[C@H]1CCC[C@@H]1N1CC(Oc2ccc3c(c2C(=O)O)OB(O)CC3)C1. The molecule has 0 radical (unpaired) electrons. The van der Waals surface area contributed by atoms with Crippen LogP contribution in [0.2, 0.25) is 6.32 Å². The molecule has 1 aromatic rings. The third kappa shape index (κ3) is 3.10. The van der Waals surface area contributed by atoms with E-state index in [-0.39, 0.29) is 23.5 Å². The molecule has 25 heavy (non-hydrogen) atoms. The zero-order chi connectivity index (χ0) is 17.6. The maximum atomic E-state index is 11.7. The molecule has 1 aromatic carbocycles. The summed E-state index contributed by atoms with van der Waals surface area (Å²) >= 11 is 0. The van der Waals surface area contributed by atoms with E-state index in [9.17, 15) is 14.9 Å². The maximum Gasteiger partial charge on any atom is 0.522 e. The molecule has 8 heteroatoms. The van der Waals surface area contributed by atoms with Gasteiger partial charge in [-0.3, -0.25) is 4.90 Å². The molecule has 4 rings (SSSR count). The van der Waals surface area contributed by atoms with Crippen LogP contribution < -0.4 is 15.1 Å². The number of hydrogen-bond donors (Lipinski definition) is 3. The number of hydrogen-bond acceptors (Lipinski definition) is 6. The Morgan fingerprint density at radius 3 is 2.84 bits per heavy atom. The van der Waals surface area contributed by atoms with Crippen LogP contribution in [-0.4, -0.2) is 59.4 Å². The molecule has 2 aliphatic heterocycles. The number of rotatable bonds is 4. The molecule has 4 N–H and O–H groups in total. The molecule has 0 spiro atoms. The first kappa shape index (κ1) is 16.7. The number of carboxylic acids is 1. The second-order valence-electron chi connectivity index (χ2n) is 7.20. The number of aryl methyl sites for hydroxylation is 1. The van der Waals surface area contributed by atoms with Gasteiger partial charge in [-0.25, -0.2) is 4.79 Å². The van der Waals surface area contributed by atoms with Crippen molar-refractivity contribution in [1.82, 2.24) is 4.90 Å². The third-order valence-corrected chi connectivity index (χ3v) is 5.50. The van der Waals surface area contributed by atoms with Gasteiger partial charge in [0.05, 0.1) is 0 Å². The van der Waals surface area contributed by atoms with Crippen LogP contribution in [0.25, 0.3) is 0 Å². The van der Waals surface area contributed by atoms with Crippen molar-refractivity contribution in [3.8, 4) is 11.5 Å². The zero-order valence-corrected chi connectivity index (χ0v) is 14.1. The standard InChI is InChI=1S/C17H23BN2O5/c19-12-2-1-3-13(12)20-8-11(9-20)24-14-5-4-10-6-7-18(23)25-16(10)15(14)17(21)22/h4-5,11-13,23H,1-3,6-9,19H2,(H,21,22)/t12-,13-/m0/s1. The number of likely N-dealkylation sites (tertiary alicyclic amines) is 1. The summed E-state index contributed by atoms with van der Waals surface area (Å²) < 4.78 is 11.3. The van der Waals surface area contributed by atoms with Gasteiger partial charge in [-0.15, -0.1) is 0 Å². The normalized spacial score (nSPS) is 26.7. The molecule has 2 atom stereocenters. The summed E-state index contributed by atoms with van der Waals surface area (Å²) in [5, 5.41) is 19.3. The monoisotopic (exact) mass is 346 g/mol. The predicted octanol–water partition coefficient (Wildman–Crippen LogP) is 0.743. The molecule has 7 nitrogen and oxygen atoms in total. The van der Waals surface area contributed by atoms with Crippen LogP contribution in [0, 0.1) is 0 Å². The van der Waals surface area contributed by atoms with E-state index < -0.39 is 13.1 Å². The Kier molecular flexibility index (Phi) is 4.35. The second-order valence-corrected chi connectivity index (χ2v) is 7.20. The lowest BCUT2D eigenvalue weighted by Gasteiger charge is -2.44. The van der Waals surface area contributed by atoms with Crippen LogP contribution in [0.1, 0.15) is 35.2 Å². The molecule has 0 aromatic heterocycles. The van der Waals surface area contributed by atoms with E-state index in [1.54, 1.807) is 6.07 Å². The second kappa shape index (κ2) is 6.51. The Morgan fingerprint density at radius 1 is 1.36 bits per heavy atom. The van der Waals surface area contributed by atoms with E-state index in [2.05, 4.69) is 4.90 Å². The van der Waals surface area contributed by atoms with Crippen molar-refractivity contribution in [3.63, 3.8) is 0 Å². The Bertz CT molecular complexity index is 679. The molecule has 2 heterocycles. The number of carbonyl (C=O) groups is 1. The van der Waals surface area contributed by atoms with Gasteiger partial charge in [0, 0.05) is 25.2 Å². The Labute approximate surface area is 146 Å². The molecule has 134 valence electrons. The number of nitrogens with two attached hydrogens (primary N) is 1. The summed E-state index contributed by atoms with van der Waals surface area (Å²) in [5.74, 6) is -0.562. The molecule has 2 fully saturated rings. The van der Waals surface area contributed by atoms with Gasteiger partial charge >= 0.3 is 13.1 Å². The summed E-state index contributed by atoms with van der Waals surface area (Å²) in [6.07, 6.45) is 4.37. The summed E-state index contributed by atoms with van der Waals surface area (Å²) in [5.41, 5.74) is 6.94. The van der Waals surface area contributed by atoms with Crippen LogP contribution >= 0.6 is 0 Å². The molecular formula is C17H23BN2O5. The predicted molar refractivity (Wildman–Crippen MR) is 92.1 cm³/mol. The van der Waals surface area contributed by atoms with Crippen molar-refractivity contribution in [3.05, 3.63) is 23.3 Å². The minimum Gasteiger partial charge on any atom is -0.535 e. The topological polar surface area (TPSA) is 105 Å². The molecule has 0 amide bonds. The molecule has 1 aliphatic carbocycles. The average molecular weight is 346 g/mol. The Morgan fingerprint density at radius 2 is 2.16 bits per heavy atom. The molecule has 1 saturated heterocycles. The quantitative estimate of drug-likeness (QED) is 0.691. The van der Waals surface area contributed by atoms with Gasteiger partial charge in [0.1, 0.15) is 23.2 Å². The van der Waals surface area contributed by atoms with Crippen LogP contribution in [0.3, 0.4) is 0 Å². The number of ether oxygens (including phenoxy) is 1. The van der Waals surface area contributed by atoms with E-state index >= 15 is 0 Å². The first-order valence-electron chi connectivity index (χ1n) is 8.93. The van der Waals surface area contributed by atoms with Crippen molar-refractivity contribution in [2.75, 3.05) is 13.1 Å². The van der Waals surface area contributed by atoms with Crippen molar-refractivity contribution < 1.29 is 24.3 Å². The van der Waals surface area contributed by atoms with Crippen LogP contribution in [0.4, 0.5) is 0 Å². The zero-order valence-electron chi connectivity index (χ0n) is 14.1. The largest absolute Gasteiger partial charge is 0.535 e. The van der Waals surface area contributed by atoms with Gasteiger partial charge in [-0.05, 0) is 37.2 Å². The number of nitrogens with zero attached hydrogens (tertiary/aromatic N) is 1. The lowest BCUT2D eigenvalue weighted by atomic mass is 9.78. The fourth-order valence-corrected chi connectivity index (χ4v) is 4.13. The third-order valence-electron chi connectivity index (χ3n) is 5.50. The highest BCUT2D eigenvalue weighted by Gasteiger charge is 2.39. The molecule has 3 aliphatic rings. The minimum absolute atomic E-state index is 0.00673. The lowest BCUT2D eigenvalue weighted by Crippen LogP contribution is -2.60. The van der Waals surface area contributed by atoms with Crippen molar-refractivity contribution in [2.45, 2.75) is 50.2 Å². The van der Waals surface area contributed by atoms with Gasteiger partial charge in [-0.1, -0.05) is 12.5 Å². The highest BCUT2D eigenvalue weighted by molar-refractivity contribution is 6.44.